The zero-order valence-electron chi connectivity index (χ0n) is 12.2. The van der Waals surface area contributed by atoms with Crippen LogP contribution >= 0.6 is 0 Å². The average Bonchev–Trinajstić information content (AvgIpc) is 2.38. The molecule has 2 atom stereocenters. The molecular formula is C15H30N2O. The fourth-order valence-electron chi connectivity index (χ4n) is 2.94. The number of nitrogens with two attached hydrogens (primary N) is 1. The molecule has 1 rings (SSSR count). The van der Waals surface area contributed by atoms with Crippen LogP contribution in [0.1, 0.15) is 65.2 Å². The van der Waals surface area contributed by atoms with Gasteiger partial charge in [-0.15, -0.1) is 0 Å². The van der Waals surface area contributed by atoms with E-state index in [0.717, 1.165) is 19.4 Å². The highest BCUT2D eigenvalue weighted by molar-refractivity contribution is 5.76. The van der Waals surface area contributed by atoms with Crippen LogP contribution in [0, 0.1) is 5.92 Å². The Morgan fingerprint density at radius 3 is 2.67 bits per heavy atom. The van der Waals surface area contributed by atoms with Crippen LogP contribution in [-0.4, -0.2) is 29.9 Å². The Morgan fingerprint density at radius 2 is 2.00 bits per heavy atom. The summed E-state index contributed by atoms with van der Waals surface area (Å²) in [5.74, 6) is 0.890. The number of piperidine rings is 1. The molecule has 0 radical (unpaired) electrons. The minimum Gasteiger partial charge on any atom is -0.338 e. The van der Waals surface area contributed by atoms with E-state index in [9.17, 15) is 4.79 Å². The fraction of sp³-hybridized carbons (Fsp3) is 0.933. The van der Waals surface area contributed by atoms with Crippen LogP contribution < -0.4 is 5.73 Å². The number of nitrogens with zero attached hydrogens (tertiary/aromatic N) is 1. The van der Waals surface area contributed by atoms with Crippen LogP contribution in [-0.2, 0) is 4.79 Å². The van der Waals surface area contributed by atoms with Gasteiger partial charge in [-0.05, 0) is 25.2 Å². The standard InChI is InChI=1S/C15H30N2O/c1-3-4-5-6-7-10-15(18)17-11-8-9-13(2)14(17)12-16/h13-14H,3-12,16H2,1-2H3. The second-order valence-electron chi connectivity index (χ2n) is 5.67. The van der Waals surface area contributed by atoms with Gasteiger partial charge >= 0.3 is 0 Å². The third-order valence-corrected chi connectivity index (χ3v) is 4.17. The molecule has 18 heavy (non-hydrogen) atoms. The van der Waals surface area contributed by atoms with Gasteiger partial charge < -0.3 is 10.6 Å². The first-order valence-corrected chi connectivity index (χ1v) is 7.70. The van der Waals surface area contributed by atoms with Crippen molar-refractivity contribution in [3.8, 4) is 0 Å². The minimum absolute atomic E-state index is 0.280. The third kappa shape index (κ3) is 4.60. The van der Waals surface area contributed by atoms with E-state index >= 15 is 0 Å². The molecule has 2 N–H and O–H groups in total. The highest BCUT2D eigenvalue weighted by atomic mass is 16.2. The van der Waals surface area contributed by atoms with E-state index in [2.05, 4.69) is 13.8 Å². The zero-order chi connectivity index (χ0) is 13.4. The summed E-state index contributed by atoms with van der Waals surface area (Å²) in [6.45, 7) is 5.97. The van der Waals surface area contributed by atoms with E-state index in [0.29, 0.717) is 24.8 Å². The number of rotatable bonds is 7. The Morgan fingerprint density at radius 1 is 1.28 bits per heavy atom. The van der Waals surface area contributed by atoms with Crippen molar-refractivity contribution >= 4 is 5.91 Å². The topological polar surface area (TPSA) is 46.3 Å². The molecule has 2 unspecified atom stereocenters. The van der Waals surface area contributed by atoms with E-state index in [1.807, 2.05) is 4.90 Å². The Labute approximate surface area is 112 Å². The maximum atomic E-state index is 12.2. The van der Waals surface area contributed by atoms with Crippen molar-refractivity contribution in [3.05, 3.63) is 0 Å². The molecule has 0 saturated carbocycles. The van der Waals surface area contributed by atoms with Crippen LogP contribution in [0.4, 0.5) is 0 Å². The summed E-state index contributed by atoms with van der Waals surface area (Å²) in [5, 5.41) is 0. The van der Waals surface area contributed by atoms with Gasteiger partial charge in [0, 0.05) is 25.6 Å². The Kier molecular flexibility index (Phi) is 7.33. The maximum Gasteiger partial charge on any atom is 0.222 e. The van der Waals surface area contributed by atoms with Crippen LogP contribution in [0.5, 0.6) is 0 Å². The van der Waals surface area contributed by atoms with Gasteiger partial charge in [-0.1, -0.05) is 39.5 Å². The molecule has 0 aromatic rings. The average molecular weight is 254 g/mol. The molecule has 1 amide bonds. The molecular weight excluding hydrogens is 224 g/mol. The molecule has 0 aromatic carbocycles. The first-order valence-electron chi connectivity index (χ1n) is 7.70. The Balaban J connectivity index is 2.30. The second kappa shape index (κ2) is 8.52. The quantitative estimate of drug-likeness (QED) is 0.710. The predicted octanol–water partition coefficient (Wildman–Crippen LogP) is 2.93. The Bertz CT molecular complexity index is 243. The summed E-state index contributed by atoms with van der Waals surface area (Å²) in [6.07, 6.45) is 9.11. The van der Waals surface area contributed by atoms with Crippen molar-refractivity contribution < 1.29 is 4.79 Å². The molecule has 1 aliphatic heterocycles. The van der Waals surface area contributed by atoms with E-state index in [1.54, 1.807) is 0 Å². The van der Waals surface area contributed by atoms with Crippen molar-refractivity contribution in [2.24, 2.45) is 11.7 Å². The number of amides is 1. The molecule has 1 aliphatic rings. The van der Waals surface area contributed by atoms with Crippen molar-refractivity contribution in [1.29, 1.82) is 0 Å². The SMILES string of the molecule is CCCCCCCC(=O)N1CCCC(C)C1CN. The fourth-order valence-corrected chi connectivity index (χ4v) is 2.94. The molecule has 106 valence electrons. The molecule has 1 saturated heterocycles. The molecule has 3 heteroatoms. The molecule has 0 aromatic heterocycles. The highest BCUT2D eigenvalue weighted by Crippen LogP contribution is 2.23. The lowest BCUT2D eigenvalue weighted by Gasteiger charge is -2.39. The third-order valence-electron chi connectivity index (χ3n) is 4.17. The molecule has 1 fully saturated rings. The molecule has 0 bridgehead atoms. The van der Waals surface area contributed by atoms with E-state index in [4.69, 9.17) is 5.73 Å². The molecule has 3 nitrogen and oxygen atoms in total. The number of carbonyl (C=O) groups is 1. The first kappa shape index (κ1) is 15.5. The summed E-state index contributed by atoms with van der Waals surface area (Å²) >= 11 is 0. The minimum atomic E-state index is 0.280. The molecule has 1 heterocycles. The normalized spacial score (nSPS) is 24.3. The lowest BCUT2D eigenvalue weighted by molar-refractivity contribution is -0.136. The first-order chi connectivity index (χ1) is 8.70. The smallest absolute Gasteiger partial charge is 0.222 e. The Hall–Kier alpha value is -0.570. The summed E-state index contributed by atoms with van der Waals surface area (Å²) in [7, 11) is 0. The number of hydrogen-bond acceptors (Lipinski definition) is 2. The molecule has 0 aliphatic carbocycles. The van der Waals surface area contributed by atoms with Crippen molar-refractivity contribution in [2.45, 2.75) is 71.3 Å². The van der Waals surface area contributed by atoms with Crippen molar-refractivity contribution in [3.63, 3.8) is 0 Å². The lowest BCUT2D eigenvalue weighted by atomic mass is 9.90. The second-order valence-corrected chi connectivity index (χ2v) is 5.67. The van der Waals surface area contributed by atoms with E-state index in [1.165, 1.54) is 32.1 Å². The maximum absolute atomic E-state index is 12.2. The van der Waals surface area contributed by atoms with Gasteiger partial charge in [-0.25, -0.2) is 0 Å². The van der Waals surface area contributed by atoms with E-state index in [-0.39, 0.29) is 6.04 Å². The van der Waals surface area contributed by atoms with Crippen molar-refractivity contribution in [1.82, 2.24) is 4.90 Å². The summed E-state index contributed by atoms with van der Waals surface area (Å²) in [5.41, 5.74) is 5.82. The number of carbonyl (C=O) groups excluding carboxylic acids is 1. The van der Waals surface area contributed by atoms with Gasteiger partial charge in [0.25, 0.3) is 0 Å². The number of unbranched alkanes of at least 4 members (excludes halogenated alkanes) is 4. The van der Waals surface area contributed by atoms with Gasteiger partial charge in [0.1, 0.15) is 0 Å². The summed E-state index contributed by atoms with van der Waals surface area (Å²) in [6, 6.07) is 0.280. The van der Waals surface area contributed by atoms with E-state index < -0.39 is 0 Å². The van der Waals surface area contributed by atoms with Crippen LogP contribution in [0.2, 0.25) is 0 Å². The van der Waals surface area contributed by atoms with Gasteiger partial charge in [0.2, 0.25) is 5.91 Å². The number of likely N-dealkylation sites (tertiary alicyclic amines) is 1. The van der Waals surface area contributed by atoms with Crippen LogP contribution in [0.25, 0.3) is 0 Å². The largest absolute Gasteiger partial charge is 0.338 e. The van der Waals surface area contributed by atoms with Crippen molar-refractivity contribution in [2.75, 3.05) is 13.1 Å². The van der Waals surface area contributed by atoms with Gasteiger partial charge in [-0.3, -0.25) is 4.79 Å². The van der Waals surface area contributed by atoms with Gasteiger partial charge in [-0.2, -0.15) is 0 Å². The lowest BCUT2D eigenvalue weighted by Crippen LogP contribution is -2.51. The predicted molar refractivity (Wildman–Crippen MR) is 76.3 cm³/mol. The monoisotopic (exact) mass is 254 g/mol. The highest BCUT2D eigenvalue weighted by Gasteiger charge is 2.30. The summed E-state index contributed by atoms with van der Waals surface area (Å²) < 4.78 is 0. The zero-order valence-corrected chi connectivity index (χ0v) is 12.2. The van der Waals surface area contributed by atoms with Crippen LogP contribution in [0.3, 0.4) is 0 Å². The molecule has 0 spiro atoms. The van der Waals surface area contributed by atoms with Crippen LogP contribution in [0.15, 0.2) is 0 Å². The van der Waals surface area contributed by atoms with Gasteiger partial charge in [0.15, 0.2) is 0 Å². The summed E-state index contributed by atoms with van der Waals surface area (Å²) in [4.78, 5) is 14.3. The number of hydrogen-bond donors (Lipinski definition) is 1. The van der Waals surface area contributed by atoms with Gasteiger partial charge in [0.05, 0.1) is 0 Å².